The van der Waals surface area contributed by atoms with E-state index in [0.717, 1.165) is 24.9 Å². The highest BCUT2D eigenvalue weighted by Gasteiger charge is 2.20. The zero-order valence-corrected chi connectivity index (χ0v) is 9.71. The van der Waals surface area contributed by atoms with Gasteiger partial charge in [-0.05, 0) is 25.5 Å². The molecule has 2 atom stereocenters. The Morgan fingerprint density at radius 3 is 2.75 bits per heavy atom. The maximum atomic E-state index is 10.1. The van der Waals surface area contributed by atoms with E-state index in [1.54, 1.807) is 0 Å². The Kier molecular flexibility index (Phi) is 3.75. The molecule has 1 aliphatic heterocycles. The molecular weight excluding hydrogens is 198 g/mol. The number of nitrogens with zero attached hydrogens (tertiary/aromatic N) is 1. The molecule has 1 aromatic carbocycles. The van der Waals surface area contributed by atoms with E-state index < -0.39 is 0 Å². The van der Waals surface area contributed by atoms with Crippen LogP contribution >= 0.6 is 0 Å². The van der Waals surface area contributed by atoms with Gasteiger partial charge in [0.1, 0.15) is 0 Å². The summed E-state index contributed by atoms with van der Waals surface area (Å²) >= 11 is 0. The minimum absolute atomic E-state index is 0.347. The quantitative estimate of drug-likeness (QED) is 0.786. The lowest BCUT2D eigenvalue weighted by Gasteiger charge is -2.30. The predicted octanol–water partition coefficient (Wildman–Crippen LogP) is 2.37. The Balaban J connectivity index is 1.97. The van der Waals surface area contributed by atoms with E-state index in [1.165, 1.54) is 0 Å². The van der Waals surface area contributed by atoms with Gasteiger partial charge in [0.25, 0.3) is 0 Å². The molecule has 1 heterocycles. The van der Waals surface area contributed by atoms with Crippen LogP contribution in [0.25, 0.3) is 0 Å². The lowest BCUT2D eigenvalue weighted by molar-refractivity contribution is 0.117. The van der Waals surface area contributed by atoms with E-state index >= 15 is 0 Å². The van der Waals surface area contributed by atoms with Gasteiger partial charge in [0, 0.05) is 12.6 Å². The maximum absolute atomic E-state index is 10.1. The van der Waals surface area contributed by atoms with Gasteiger partial charge in [-0.25, -0.2) is 0 Å². The molecule has 0 amide bonds. The average Bonchev–Trinajstić information content (AvgIpc) is 2.33. The molecule has 86 valence electrons. The first-order chi connectivity index (χ1) is 7.77. The van der Waals surface area contributed by atoms with E-state index in [2.05, 4.69) is 24.1 Å². The number of hydrogen-bond donors (Lipinski definition) is 1. The minimum atomic E-state index is -0.347. The summed E-state index contributed by atoms with van der Waals surface area (Å²) in [4.78, 5) is 2.30. The normalized spacial score (nSPS) is 23.2. The van der Waals surface area contributed by atoms with Gasteiger partial charge in [0.05, 0.1) is 6.10 Å². The van der Waals surface area contributed by atoms with E-state index in [-0.39, 0.29) is 6.10 Å². The third-order valence-corrected chi connectivity index (χ3v) is 3.27. The standard InChI is InChI=1S/C14H19NO/c1-15-10-6-5-9-13(15)11-14(16)12-7-3-2-4-8-12/h2-8,13-14,16H,9-11H2,1H3/t13-,14+/m0/s1. The highest BCUT2D eigenvalue weighted by molar-refractivity contribution is 5.17. The molecule has 0 radical (unpaired) electrons. The molecule has 0 spiro atoms. The summed E-state index contributed by atoms with van der Waals surface area (Å²) in [5, 5.41) is 10.1. The molecule has 2 rings (SSSR count). The highest BCUT2D eigenvalue weighted by Crippen LogP contribution is 2.23. The van der Waals surface area contributed by atoms with Crippen molar-refractivity contribution < 1.29 is 5.11 Å². The van der Waals surface area contributed by atoms with Crippen molar-refractivity contribution in [2.75, 3.05) is 13.6 Å². The summed E-state index contributed by atoms with van der Waals surface area (Å²) in [5.41, 5.74) is 1.02. The number of likely N-dealkylation sites (N-methyl/N-ethyl adjacent to an activating group) is 1. The average molecular weight is 217 g/mol. The van der Waals surface area contributed by atoms with Crippen molar-refractivity contribution in [2.24, 2.45) is 0 Å². The topological polar surface area (TPSA) is 23.5 Å². The molecule has 1 N–H and O–H groups in total. The monoisotopic (exact) mass is 217 g/mol. The Morgan fingerprint density at radius 1 is 1.31 bits per heavy atom. The molecule has 0 bridgehead atoms. The van der Waals surface area contributed by atoms with Crippen molar-refractivity contribution in [1.29, 1.82) is 0 Å². The first-order valence-corrected chi connectivity index (χ1v) is 5.85. The zero-order valence-electron chi connectivity index (χ0n) is 9.71. The molecule has 2 heteroatoms. The highest BCUT2D eigenvalue weighted by atomic mass is 16.3. The van der Waals surface area contributed by atoms with Crippen molar-refractivity contribution in [2.45, 2.75) is 25.0 Å². The number of hydrogen-bond acceptors (Lipinski definition) is 2. The SMILES string of the molecule is CN1CC=CC[C@H]1C[C@@H](O)c1ccccc1. The van der Waals surface area contributed by atoms with Gasteiger partial charge >= 0.3 is 0 Å². The molecule has 1 aromatic rings. The van der Waals surface area contributed by atoms with Gasteiger partial charge in [0.15, 0.2) is 0 Å². The first-order valence-electron chi connectivity index (χ1n) is 5.85. The van der Waals surface area contributed by atoms with Crippen LogP contribution in [0.15, 0.2) is 42.5 Å². The predicted molar refractivity (Wildman–Crippen MR) is 66.2 cm³/mol. The van der Waals surface area contributed by atoms with Crippen molar-refractivity contribution >= 4 is 0 Å². The molecule has 0 unspecified atom stereocenters. The fraction of sp³-hybridized carbons (Fsp3) is 0.429. The molecule has 16 heavy (non-hydrogen) atoms. The van der Waals surface area contributed by atoms with Crippen LogP contribution in [0.5, 0.6) is 0 Å². The number of benzene rings is 1. The summed E-state index contributed by atoms with van der Waals surface area (Å²) < 4.78 is 0. The minimum Gasteiger partial charge on any atom is -0.388 e. The fourth-order valence-electron chi connectivity index (χ4n) is 2.17. The van der Waals surface area contributed by atoms with Gasteiger partial charge in [-0.1, -0.05) is 42.5 Å². The number of rotatable bonds is 3. The summed E-state index contributed by atoms with van der Waals surface area (Å²) in [5.74, 6) is 0. The Morgan fingerprint density at radius 2 is 2.06 bits per heavy atom. The molecule has 2 nitrogen and oxygen atoms in total. The molecule has 0 saturated heterocycles. The van der Waals surface area contributed by atoms with Gasteiger partial charge in [-0.3, -0.25) is 4.90 Å². The van der Waals surface area contributed by atoms with Crippen LogP contribution in [0.3, 0.4) is 0 Å². The summed E-state index contributed by atoms with van der Waals surface area (Å²) in [6.07, 6.45) is 5.90. The van der Waals surface area contributed by atoms with E-state index in [4.69, 9.17) is 0 Å². The Labute approximate surface area is 97.2 Å². The van der Waals surface area contributed by atoms with E-state index in [9.17, 15) is 5.11 Å². The third-order valence-electron chi connectivity index (χ3n) is 3.27. The van der Waals surface area contributed by atoms with Gasteiger partial charge in [-0.15, -0.1) is 0 Å². The zero-order chi connectivity index (χ0) is 11.4. The second-order valence-electron chi connectivity index (χ2n) is 4.46. The molecule has 0 fully saturated rings. The fourth-order valence-corrected chi connectivity index (χ4v) is 2.17. The van der Waals surface area contributed by atoms with Crippen molar-refractivity contribution in [3.63, 3.8) is 0 Å². The van der Waals surface area contributed by atoms with Crippen LogP contribution < -0.4 is 0 Å². The van der Waals surface area contributed by atoms with Crippen LogP contribution in [0, 0.1) is 0 Å². The lowest BCUT2D eigenvalue weighted by atomic mass is 9.97. The summed E-state index contributed by atoms with van der Waals surface area (Å²) in [6.45, 7) is 0.992. The number of aliphatic hydroxyl groups is 1. The number of aliphatic hydroxyl groups excluding tert-OH is 1. The molecule has 1 aliphatic rings. The first kappa shape index (κ1) is 11.4. The van der Waals surface area contributed by atoms with Crippen LogP contribution in [0.1, 0.15) is 24.5 Å². The molecule has 0 aromatic heterocycles. The van der Waals surface area contributed by atoms with Crippen LogP contribution in [0.2, 0.25) is 0 Å². The van der Waals surface area contributed by atoms with Crippen molar-refractivity contribution in [1.82, 2.24) is 4.90 Å². The summed E-state index contributed by atoms with van der Waals surface area (Å²) in [7, 11) is 2.12. The molecule has 0 aliphatic carbocycles. The summed E-state index contributed by atoms with van der Waals surface area (Å²) in [6, 6.07) is 10.4. The second-order valence-corrected chi connectivity index (χ2v) is 4.46. The smallest absolute Gasteiger partial charge is 0.0805 e. The maximum Gasteiger partial charge on any atom is 0.0805 e. The Hall–Kier alpha value is -1.12. The van der Waals surface area contributed by atoms with Crippen molar-refractivity contribution in [3.8, 4) is 0 Å². The van der Waals surface area contributed by atoms with E-state index in [0.29, 0.717) is 6.04 Å². The van der Waals surface area contributed by atoms with Crippen LogP contribution in [0.4, 0.5) is 0 Å². The van der Waals surface area contributed by atoms with E-state index in [1.807, 2.05) is 30.3 Å². The van der Waals surface area contributed by atoms with Gasteiger partial charge in [0.2, 0.25) is 0 Å². The van der Waals surface area contributed by atoms with Crippen LogP contribution in [-0.2, 0) is 0 Å². The third kappa shape index (κ3) is 2.71. The van der Waals surface area contributed by atoms with Gasteiger partial charge < -0.3 is 5.11 Å². The Bertz CT molecular complexity index is 347. The molecule has 0 saturated carbocycles. The van der Waals surface area contributed by atoms with Crippen molar-refractivity contribution in [3.05, 3.63) is 48.0 Å². The van der Waals surface area contributed by atoms with Gasteiger partial charge in [-0.2, -0.15) is 0 Å². The lowest BCUT2D eigenvalue weighted by Crippen LogP contribution is -2.35. The largest absolute Gasteiger partial charge is 0.388 e. The second kappa shape index (κ2) is 5.28. The van der Waals surface area contributed by atoms with Crippen LogP contribution in [-0.4, -0.2) is 29.6 Å². The molecular formula is C14H19NO.